The van der Waals surface area contributed by atoms with E-state index >= 15 is 0 Å². The van der Waals surface area contributed by atoms with Gasteiger partial charge in [0.1, 0.15) is 6.04 Å². The van der Waals surface area contributed by atoms with E-state index in [1.54, 1.807) is 24.5 Å². The van der Waals surface area contributed by atoms with Gasteiger partial charge in [-0.25, -0.2) is 5.01 Å². The summed E-state index contributed by atoms with van der Waals surface area (Å²) >= 11 is 0. The van der Waals surface area contributed by atoms with E-state index in [2.05, 4.69) is 29.6 Å². The fourth-order valence-corrected chi connectivity index (χ4v) is 4.31. The first-order chi connectivity index (χ1) is 15.5. The molecule has 0 spiro atoms. The van der Waals surface area contributed by atoms with E-state index in [1.165, 1.54) is 6.42 Å². The predicted molar refractivity (Wildman–Crippen MR) is 127 cm³/mol. The molecule has 32 heavy (non-hydrogen) atoms. The summed E-state index contributed by atoms with van der Waals surface area (Å²) < 4.78 is 0. The summed E-state index contributed by atoms with van der Waals surface area (Å²) in [6, 6.07) is 13.0. The number of carbonyl (C=O) groups excluding carboxylic acids is 2. The molecule has 2 N–H and O–H groups in total. The number of hydrogen-bond acceptors (Lipinski definition) is 4. The molecule has 172 valence electrons. The minimum Gasteiger partial charge on any atom is -0.351 e. The van der Waals surface area contributed by atoms with Gasteiger partial charge in [-0.3, -0.25) is 20.0 Å². The van der Waals surface area contributed by atoms with Crippen LogP contribution in [0.2, 0.25) is 0 Å². The number of hydrazine groups is 1. The molecule has 0 radical (unpaired) electrons. The van der Waals surface area contributed by atoms with Gasteiger partial charge in [-0.2, -0.15) is 0 Å². The van der Waals surface area contributed by atoms with Gasteiger partial charge in [0.05, 0.1) is 0 Å². The van der Waals surface area contributed by atoms with E-state index in [1.807, 2.05) is 35.3 Å². The molecule has 6 nitrogen and oxygen atoms in total. The molecule has 0 bridgehead atoms. The Hall–Kier alpha value is -2.73. The summed E-state index contributed by atoms with van der Waals surface area (Å²) in [7, 11) is 0. The number of benzene rings is 1. The summed E-state index contributed by atoms with van der Waals surface area (Å²) in [5, 5.41) is 5.04. The molecule has 1 aromatic heterocycles. The average Bonchev–Trinajstić information content (AvgIpc) is 2.83. The number of pyridine rings is 1. The van der Waals surface area contributed by atoms with E-state index in [0.29, 0.717) is 24.6 Å². The number of aromatic nitrogens is 1. The lowest BCUT2D eigenvalue weighted by Gasteiger charge is -2.38. The van der Waals surface area contributed by atoms with Crippen molar-refractivity contribution in [1.29, 1.82) is 0 Å². The van der Waals surface area contributed by atoms with Crippen molar-refractivity contribution < 1.29 is 9.59 Å². The lowest BCUT2D eigenvalue weighted by molar-refractivity contribution is -0.130. The number of hydrogen-bond donors (Lipinski definition) is 2. The van der Waals surface area contributed by atoms with Crippen molar-refractivity contribution in [2.45, 2.75) is 65.0 Å². The fraction of sp³-hybridized carbons (Fsp3) is 0.500. The Morgan fingerprint density at radius 3 is 2.38 bits per heavy atom. The van der Waals surface area contributed by atoms with Gasteiger partial charge in [0.25, 0.3) is 5.91 Å². The third kappa shape index (κ3) is 7.16. The zero-order valence-corrected chi connectivity index (χ0v) is 19.3. The molecule has 1 aliphatic carbocycles. The van der Waals surface area contributed by atoms with E-state index in [0.717, 1.165) is 37.7 Å². The van der Waals surface area contributed by atoms with E-state index in [-0.39, 0.29) is 23.8 Å². The van der Waals surface area contributed by atoms with Crippen LogP contribution in [0.15, 0.2) is 54.9 Å². The Morgan fingerprint density at radius 1 is 1.03 bits per heavy atom. The number of rotatable bonds is 10. The Kier molecular flexibility index (Phi) is 9.23. The summed E-state index contributed by atoms with van der Waals surface area (Å²) in [6.45, 7) is 5.44. The molecule has 1 aromatic carbocycles. The van der Waals surface area contributed by atoms with Gasteiger partial charge >= 0.3 is 0 Å². The highest BCUT2D eigenvalue weighted by Gasteiger charge is 2.35. The van der Waals surface area contributed by atoms with Crippen molar-refractivity contribution in [3.8, 4) is 0 Å². The average molecular weight is 437 g/mol. The first-order valence-corrected chi connectivity index (χ1v) is 11.8. The summed E-state index contributed by atoms with van der Waals surface area (Å²) in [6.07, 6.45) is 9.60. The van der Waals surface area contributed by atoms with Gasteiger partial charge in [0, 0.05) is 31.0 Å². The molecule has 0 saturated heterocycles. The number of carbonyl (C=O) groups is 2. The first-order valence-electron chi connectivity index (χ1n) is 11.8. The van der Waals surface area contributed by atoms with Crippen molar-refractivity contribution in [3.05, 3.63) is 66.0 Å². The maximum atomic E-state index is 13.5. The summed E-state index contributed by atoms with van der Waals surface area (Å²) in [5.41, 5.74) is 4.68. The highest BCUT2D eigenvalue weighted by atomic mass is 16.2. The highest BCUT2D eigenvalue weighted by Crippen LogP contribution is 2.29. The summed E-state index contributed by atoms with van der Waals surface area (Å²) in [4.78, 5) is 30.5. The smallest absolute Gasteiger partial charge is 0.265 e. The van der Waals surface area contributed by atoms with Gasteiger partial charge in [-0.15, -0.1) is 0 Å². The molecule has 2 aromatic rings. The molecule has 0 aliphatic heterocycles. The minimum atomic E-state index is -0.386. The van der Waals surface area contributed by atoms with Gasteiger partial charge in [0.15, 0.2) is 0 Å². The number of amides is 2. The molecular weight excluding hydrogens is 400 g/mol. The SMILES string of the molecule is CC(C)CCN(NC(=O)c1ccncc1)[C@@H](C(=O)NCc1ccccc1)C1CCCCC1. The predicted octanol–water partition coefficient (Wildman–Crippen LogP) is 4.34. The maximum Gasteiger partial charge on any atom is 0.265 e. The number of nitrogens with zero attached hydrogens (tertiary/aromatic N) is 2. The van der Waals surface area contributed by atoms with Gasteiger partial charge in [0.2, 0.25) is 5.91 Å². The second-order valence-electron chi connectivity index (χ2n) is 9.10. The van der Waals surface area contributed by atoms with Gasteiger partial charge < -0.3 is 5.32 Å². The molecule has 2 amide bonds. The highest BCUT2D eigenvalue weighted by molar-refractivity contribution is 5.94. The minimum absolute atomic E-state index is 0.0143. The molecule has 1 atom stereocenters. The van der Waals surface area contributed by atoms with Crippen molar-refractivity contribution >= 4 is 11.8 Å². The van der Waals surface area contributed by atoms with Crippen molar-refractivity contribution in [2.24, 2.45) is 11.8 Å². The lowest BCUT2D eigenvalue weighted by Crippen LogP contribution is -2.58. The lowest BCUT2D eigenvalue weighted by atomic mass is 9.83. The Balaban J connectivity index is 1.80. The van der Waals surface area contributed by atoms with Crippen molar-refractivity contribution in [1.82, 2.24) is 20.7 Å². The standard InChI is InChI=1S/C26H36N4O2/c1-20(2)15-18-30(29-25(31)23-13-16-27-17-14-23)24(22-11-7-4-8-12-22)26(32)28-19-21-9-5-3-6-10-21/h3,5-6,9-10,13-14,16-17,20,22,24H,4,7-8,11-12,15,18-19H2,1-2H3,(H,28,32)(H,29,31)/t24-/m1/s1. The Bertz CT molecular complexity index is 835. The second kappa shape index (κ2) is 12.3. The molecule has 1 saturated carbocycles. The van der Waals surface area contributed by atoms with Crippen LogP contribution in [0.3, 0.4) is 0 Å². The Morgan fingerprint density at radius 2 is 1.72 bits per heavy atom. The van der Waals surface area contributed by atoms with Gasteiger partial charge in [-0.1, -0.05) is 63.4 Å². The molecule has 0 unspecified atom stereocenters. The normalized spacial score (nSPS) is 15.5. The number of nitrogens with one attached hydrogen (secondary N) is 2. The van der Waals surface area contributed by atoms with Crippen LogP contribution in [0.4, 0.5) is 0 Å². The van der Waals surface area contributed by atoms with E-state index in [9.17, 15) is 9.59 Å². The Labute approximate surface area is 191 Å². The zero-order valence-electron chi connectivity index (χ0n) is 19.3. The van der Waals surface area contributed by atoms with Crippen LogP contribution in [-0.4, -0.2) is 34.4 Å². The fourth-order valence-electron chi connectivity index (χ4n) is 4.31. The van der Waals surface area contributed by atoms with Crippen molar-refractivity contribution in [3.63, 3.8) is 0 Å². The van der Waals surface area contributed by atoms with E-state index in [4.69, 9.17) is 0 Å². The first kappa shape index (κ1) is 23.9. The third-order valence-electron chi connectivity index (χ3n) is 6.15. The van der Waals surface area contributed by atoms with Crippen LogP contribution in [-0.2, 0) is 11.3 Å². The maximum absolute atomic E-state index is 13.5. The second-order valence-corrected chi connectivity index (χ2v) is 9.10. The monoisotopic (exact) mass is 436 g/mol. The molecule has 3 rings (SSSR count). The van der Waals surface area contributed by atoms with Gasteiger partial charge in [-0.05, 0) is 48.8 Å². The van der Waals surface area contributed by atoms with Crippen LogP contribution in [0.1, 0.15) is 68.3 Å². The van der Waals surface area contributed by atoms with Crippen LogP contribution < -0.4 is 10.7 Å². The molecule has 1 heterocycles. The van der Waals surface area contributed by atoms with Crippen molar-refractivity contribution in [2.75, 3.05) is 6.54 Å². The molecule has 6 heteroatoms. The largest absolute Gasteiger partial charge is 0.351 e. The molecular formula is C26H36N4O2. The quantitative estimate of drug-likeness (QED) is 0.544. The van der Waals surface area contributed by atoms with Crippen LogP contribution in [0.25, 0.3) is 0 Å². The van der Waals surface area contributed by atoms with Crippen LogP contribution >= 0.6 is 0 Å². The van der Waals surface area contributed by atoms with Crippen LogP contribution in [0, 0.1) is 11.8 Å². The molecule has 1 fully saturated rings. The zero-order chi connectivity index (χ0) is 22.8. The summed E-state index contributed by atoms with van der Waals surface area (Å²) in [5.74, 6) is 0.478. The third-order valence-corrected chi connectivity index (χ3v) is 6.15. The van der Waals surface area contributed by atoms with Crippen LogP contribution in [0.5, 0.6) is 0 Å². The topological polar surface area (TPSA) is 74.3 Å². The van der Waals surface area contributed by atoms with E-state index < -0.39 is 0 Å². The molecule has 1 aliphatic rings.